The second-order valence-electron chi connectivity index (χ2n) is 8.69. The van der Waals surface area contributed by atoms with Crippen LogP contribution in [0.4, 0.5) is 0 Å². The van der Waals surface area contributed by atoms with Gasteiger partial charge in [-0.25, -0.2) is 0 Å². The van der Waals surface area contributed by atoms with E-state index in [1.54, 1.807) is 0 Å². The molecule has 0 unspecified atom stereocenters. The van der Waals surface area contributed by atoms with Crippen molar-refractivity contribution >= 4 is 11.9 Å². The number of piperidine rings is 1. The number of likely N-dealkylation sites (tertiary alicyclic amines) is 1. The van der Waals surface area contributed by atoms with E-state index in [0.717, 1.165) is 76.6 Å². The van der Waals surface area contributed by atoms with E-state index in [9.17, 15) is 4.79 Å². The van der Waals surface area contributed by atoms with Crippen LogP contribution in [0, 0.1) is 5.92 Å². The van der Waals surface area contributed by atoms with E-state index in [4.69, 9.17) is 10.7 Å². The van der Waals surface area contributed by atoms with Crippen molar-refractivity contribution in [3.63, 3.8) is 0 Å². The summed E-state index contributed by atoms with van der Waals surface area (Å²) in [6.45, 7) is 11.9. The van der Waals surface area contributed by atoms with Gasteiger partial charge in [0.15, 0.2) is 5.96 Å². The third-order valence-electron chi connectivity index (χ3n) is 5.72. The smallest absolute Gasteiger partial charge is 0.220 e. The Morgan fingerprint density at radius 3 is 2.67 bits per heavy atom. The minimum absolute atomic E-state index is 0.0695. The van der Waals surface area contributed by atoms with Crippen LogP contribution in [-0.2, 0) is 18.4 Å². The van der Waals surface area contributed by atoms with E-state index >= 15 is 0 Å². The molecule has 1 aromatic heterocycles. The number of aromatic nitrogens is 2. The van der Waals surface area contributed by atoms with Crippen molar-refractivity contribution in [2.24, 2.45) is 23.7 Å². The van der Waals surface area contributed by atoms with Crippen molar-refractivity contribution in [2.45, 2.75) is 58.9 Å². The molecule has 1 amide bonds. The fourth-order valence-corrected chi connectivity index (χ4v) is 4.04. The number of unbranched alkanes of at least 4 members (excludes halogenated alkanes) is 1. The summed E-state index contributed by atoms with van der Waals surface area (Å²) in [7, 11) is 4.06. The van der Waals surface area contributed by atoms with E-state index < -0.39 is 0 Å². The Morgan fingerprint density at radius 1 is 1.37 bits per heavy atom. The molecular formula is C22H41N7O. The maximum atomic E-state index is 11.3. The van der Waals surface area contributed by atoms with E-state index in [2.05, 4.69) is 54.2 Å². The highest BCUT2D eigenvalue weighted by atomic mass is 16.1. The predicted molar refractivity (Wildman–Crippen MR) is 122 cm³/mol. The van der Waals surface area contributed by atoms with Gasteiger partial charge >= 0.3 is 0 Å². The third-order valence-corrected chi connectivity index (χ3v) is 5.72. The number of guanidine groups is 1. The highest BCUT2D eigenvalue weighted by molar-refractivity contribution is 5.79. The SMILES string of the molecule is CCNC(=NCCCCN1CCC(C(N)=O)CC1)N(C)Cc1cn(C)nc1C(C)C. The molecule has 30 heavy (non-hydrogen) atoms. The molecular weight excluding hydrogens is 378 g/mol. The third kappa shape index (κ3) is 7.31. The molecule has 1 fully saturated rings. The van der Waals surface area contributed by atoms with Crippen molar-refractivity contribution in [1.82, 2.24) is 24.9 Å². The van der Waals surface area contributed by atoms with Crippen LogP contribution < -0.4 is 11.1 Å². The molecule has 1 aromatic rings. The van der Waals surface area contributed by atoms with Gasteiger partial charge in [0.2, 0.25) is 5.91 Å². The van der Waals surface area contributed by atoms with Crippen molar-refractivity contribution in [1.29, 1.82) is 0 Å². The van der Waals surface area contributed by atoms with Crippen molar-refractivity contribution in [3.8, 4) is 0 Å². The van der Waals surface area contributed by atoms with E-state index in [-0.39, 0.29) is 11.8 Å². The molecule has 1 saturated heterocycles. The van der Waals surface area contributed by atoms with Crippen LogP contribution in [0.3, 0.4) is 0 Å². The van der Waals surface area contributed by atoms with Gasteiger partial charge in [-0.15, -0.1) is 0 Å². The number of nitrogens with one attached hydrogen (secondary N) is 1. The highest BCUT2D eigenvalue weighted by Crippen LogP contribution is 2.19. The molecule has 8 nitrogen and oxygen atoms in total. The number of carbonyl (C=O) groups excluding carboxylic acids is 1. The number of primary amides is 1. The number of hydrogen-bond acceptors (Lipinski definition) is 4. The second kappa shape index (κ2) is 11.9. The number of nitrogens with two attached hydrogens (primary N) is 1. The Bertz CT molecular complexity index is 690. The fourth-order valence-electron chi connectivity index (χ4n) is 4.04. The van der Waals surface area contributed by atoms with Gasteiger partial charge in [0.25, 0.3) is 0 Å². The number of rotatable bonds is 10. The molecule has 170 valence electrons. The van der Waals surface area contributed by atoms with Crippen LogP contribution in [-0.4, -0.2) is 71.2 Å². The van der Waals surface area contributed by atoms with Gasteiger partial charge in [-0.1, -0.05) is 13.8 Å². The minimum atomic E-state index is -0.143. The first-order chi connectivity index (χ1) is 14.3. The molecule has 0 aliphatic carbocycles. The molecule has 3 N–H and O–H groups in total. The Kier molecular flexibility index (Phi) is 9.62. The molecule has 0 saturated carbocycles. The van der Waals surface area contributed by atoms with Crippen molar-refractivity contribution < 1.29 is 4.79 Å². The summed E-state index contributed by atoms with van der Waals surface area (Å²) in [5, 5.41) is 8.02. The largest absolute Gasteiger partial charge is 0.369 e. The number of amides is 1. The highest BCUT2D eigenvalue weighted by Gasteiger charge is 2.22. The zero-order valence-electron chi connectivity index (χ0n) is 19.5. The second-order valence-corrected chi connectivity index (χ2v) is 8.69. The monoisotopic (exact) mass is 419 g/mol. The Labute approximate surface area is 181 Å². The molecule has 0 bridgehead atoms. The molecule has 0 spiro atoms. The summed E-state index contributed by atoms with van der Waals surface area (Å²) >= 11 is 0. The van der Waals surface area contributed by atoms with Gasteiger partial charge in [0.1, 0.15) is 0 Å². The molecule has 8 heteroatoms. The molecule has 2 rings (SSSR count). The molecule has 1 aliphatic heterocycles. The van der Waals surface area contributed by atoms with Crippen LogP contribution in [0.25, 0.3) is 0 Å². The topological polar surface area (TPSA) is 91.8 Å². The summed E-state index contributed by atoms with van der Waals surface area (Å²) in [6, 6.07) is 0. The zero-order valence-corrected chi connectivity index (χ0v) is 19.5. The molecule has 0 atom stereocenters. The van der Waals surface area contributed by atoms with Crippen LogP contribution in [0.2, 0.25) is 0 Å². The van der Waals surface area contributed by atoms with E-state index in [0.29, 0.717) is 5.92 Å². The number of aryl methyl sites for hydroxylation is 1. The lowest BCUT2D eigenvalue weighted by Crippen LogP contribution is -2.39. The first kappa shape index (κ1) is 24.2. The first-order valence-corrected chi connectivity index (χ1v) is 11.3. The Balaban J connectivity index is 1.79. The summed E-state index contributed by atoms with van der Waals surface area (Å²) in [5.41, 5.74) is 7.82. The van der Waals surface area contributed by atoms with E-state index in [1.807, 2.05) is 11.7 Å². The lowest BCUT2D eigenvalue weighted by atomic mass is 9.96. The van der Waals surface area contributed by atoms with Gasteiger partial charge in [-0.3, -0.25) is 14.5 Å². The zero-order chi connectivity index (χ0) is 22.1. The summed E-state index contributed by atoms with van der Waals surface area (Å²) in [4.78, 5) is 20.7. The molecule has 2 heterocycles. The Morgan fingerprint density at radius 2 is 2.07 bits per heavy atom. The van der Waals surface area contributed by atoms with Crippen molar-refractivity contribution in [2.75, 3.05) is 39.8 Å². The number of carbonyl (C=O) groups is 1. The average molecular weight is 420 g/mol. The molecule has 0 aromatic carbocycles. The van der Waals surface area contributed by atoms with Gasteiger partial charge < -0.3 is 20.9 Å². The van der Waals surface area contributed by atoms with Gasteiger partial charge in [-0.2, -0.15) is 5.10 Å². The quantitative estimate of drug-likeness (QED) is 0.343. The standard InChI is InChI=1S/C22H41N7O/c1-6-24-22(27(4)15-19-16-28(5)26-20(19)17(2)3)25-11-7-8-12-29-13-9-18(10-14-29)21(23)30/h16-18H,6-15H2,1-5H3,(H2,23,30)(H,24,25). The first-order valence-electron chi connectivity index (χ1n) is 11.3. The van der Waals surface area contributed by atoms with Gasteiger partial charge in [0.05, 0.1) is 5.69 Å². The average Bonchev–Trinajstić information content (AvgIpc) is 3.07. The van der Waals surface area contributed by atoms with Crippen LogP contribution >= 0.6 is 0 Å². The Hall–Kier alpha value is -2.09. The molecule has 0 radical (unpaired) electrons. The summed E-state index contributed by atoms with van der Waals surface area (Å²) in [6.07, 6.45) is 6.08. The van der Waals surface area contributed by atoms with Gasteiger partial charge in [0, 0.05) is 51.4 Å². The lowest BCUT2D eigenvalue weighted by molar-refractivity contribution is -0.123. The number of aliphatic imine (C=N–C) groups is 1. The van der Waals surface area contributed by atoms with Crippen molar-refractivity contribution in [3.05, 3.63) is 17.5 Å². The van der Waals surface area contributed by atoms with Gasteiger partial charge in [-0.05, 0) is 58.2 Å². The normalized spacial score (nSPS) is 16.3. The summed E-state index contributed by atoms with van der Waals surface area (Å²) in [5.74, 6) is 1.27. The minimum Gasteiger partial charge on any atom is -0.369 e. The number of hydrogen-bond donors (Lipinski definition) is 2. The van der Waals surface area contributed by atoms with Crippen LogP contribution in [0.15, 0.2) is 11.2 Å². The maximum absolute atomic E-state index is 11.3. The number of nitrogens with zero attached hydrogens (tertiary/aromatic N) is 5. The lowest BCUT2D eigenvalue weighted by Gasteiger charge is -2.30. The fraction of sp³-hybridized carbons (Fsp3) is 0.773. The molecule has 1 aliphatic rings. The predicted octanol–water partition coefficient (Wildman–Crippen LogP) is 1.92. The summed E-state index contributed by atoms with van der Waals surface area (Å²) < 4.78 is 1.90. The maximum Gasteiger partial charge on any atom is 0.220 e. The van der Waals surface area contributed by atoms with Crippen LogP contribution in [0.1, 0.15) is 63.6 Å². The van der Waals surface area contributed by atoms with Crippen LogP contribution in [0.5, 0.6) is 0 Å². The van der Waals surface area contributed by atoms with E-state index in [1.165, 1.54) is 5.56 Å².